The van der Waals surface area contributed by atoms with Gasteiger partial charge in [-0.25, -0.2) is 0 Å². The molecule has 2 saturated heterocycles. The third-order valence-electron chi connectivity index (χ3n) is 5.04. The van der Waals surface area contributed by atoms with E-state index < -0.39 is 0 Å². The van der Waals surface area contributed by atoms with Gasteiger partial charge in [0.15, 0.2) is 5.82 Å². The molecule has 1 aromatic rings. The van der Waals surface area contributed by atoms with Crippen LogP contribution in [0.4, 0.5) is 0 Å². The van der Waals surface area contributed by atoms with Crippen molar-refractivity contribution in [3.8, 4) is 0 Å². The zero-order valence-corrected chi connectivity index (χ0v) is 12.4. The molecule has 0 spiro atoms. The summed E-state index contributed by atoms with van der Waals surface area (Å²) in [6.07, 6.45) is 9.27. The molecule has 2 N–H and O–H groups in total. The standard InChI is InChI=1S/C15H26N4O/c1-19-12-6-7-13(19)10-11(9-12)15-17-14(20-18-15)5-3-2-4-8-16/h11-13H,2-10,16H2,1H3. The van der Waals surface area contributed by atoms with Crippen LogP contribution in [0.1, 0.15) is 62.6 Å². The van der Waals surface area contributed by atoms with Crippen molar-refractivity contribution < 1.29 is 4.52 Å². The molecule has 2 atom stereocenters. The van der Waals surface area contributed by atoms with Crippen LogP contribution in [0.5, 0.6) is 0 Å². The molecule has 0 aliphatic carbocycles. The van der Waals surface area contributed by atoms with E-state index in [2.05, 4.69) is 22.1 Å². The number of aryl methyl sites for hydroxylation is 1. The number of hydrogen-bond donors (Lipinski definition) is 1. The number of nitrogens with two attached hydrogens (primary N) is 1. The summed E-state index contributed by atoms with van der Waals surface area (Å²) in [7, 11) is 2.26. The Kier molecular flexibility index (Phi) is 4.36. The Morgan fingerprint density at radius 3 is 2.65 bits per heavy atom. The summed E-state index contributed by atoms with van der Waals surface area (Å²) in [4.78, 5) is 7.17. The Morgan fingerprint density at radius 2 is 1.95 bits per heavy atom. The minimum absolute atomic E-state index is 0.505. The van der Waals surface area contributed by atoms with Gasteiger partial charge >= 0.3 is 0 Å². The Labute approximate surface area is 120 Å². The summed E-state index contributed by atoms with van der Waals surface area (Å²) in [5.41, 5.74) is 5.50. The van der Waals surface area contributed by atoms with E-state index in [0.717, 1.165) is 56.0 Å². The van der Waals surface area contributed by atoms with E-state index in [1.165, 1.54) is 25.7 Å². The summed E-state index contributed by atoms with van der Waals surface area (Å²) >= 11 is 0. The van der Waals surface area contributed by atoms with Gasteiger partial charge in [0.1, 0.15) is 0 Å². The molecule has 0 saturated carbocycles. The van der Waals surface area contributed by atoms with E-state index in [9.17, 15) is 0 Å². The molecule has 5 heteroatoms. The Morgan fingerprint density at radius 1 is 1.20 bits per heavy atom. The SMILES string of the molecule is CN1C2CCC1CC(c1noc(CCCCCN)n1)C2. The van der Waals surface area contributed by atoms with Gasteiger partial charge in [-0.3, -0.25) is 0 Å². The highest BCUT2D eigenvalue weighted by molar-refractivity contribution is 5.05. The van der Waals surface area contributed by atoms with Gasteiger partial charge in [0.25, 0.3) is 0 Å². The molecule has 2 bridgehead atoms. The van der Waals surface area contributed by atoms with E-state index in [1.54, 1.807) is 0 Å². The van der Waals surface area contributed by atoms with Crippen LogP contribution in [0.2, 0.25) is 0 Å². The van der Waals surface area contributed by atoms with Crippen molar-refractivity contribution in [3.05, 3.63) is 11.7 Å². The zero-order valence-electron chi connectivity index (χ0n) is 12.4. The van der Waals surface area contributed by atoms with Gasteiger partial charge in [0.05, 0.1) is 0 Å². The monoisotopic (exact) mass is 278 g/mol. The maximum absolute atomic E-state index is 5.50. The summed E-state index contributed by atoms with van der Waals surface area (Å²) in [6.45, 7) is 0.771. The third kappa shape index (κ3) is 2.88. The van der Waals surface area contributed by atoms with Crippen LogP contribution in [0.15, 0.2) is 4.52 Å². The van der Waals surface area contributed by atoms with Gasteiger partial charge in [-0.1, -0.05) is 11.6 Å². The number of aromatic nitrogens is 2. The summed E-state index contributed by atoms with van der Waals surface area (Å²) in [5, 5.41) is 4.23. The van der Waals surface area contributed by atoms with E-state index in [4.69, 9.17) is 10.3 Å². The molecule has 5 nitrogen and oxygen atoms in total. The highest BCUT2D eigenvalue weighted by Gasteiger charge is 2.40. The quantitative estimate of drug-likeness (QED) is 0.807. The number of hydrogen-bond acceptors (Lipinski definition) is 5. The second kappa shape index (κ2) is 6.22. The van der Waals surface area contributed by atoms with E-state index in [0.29, 0.717) is 5.92 Å². The molecule has 0 radical (unpaired) electrons. The number of unbranched alkanes of at least 4 members (excludes halogenated alkanes) is 2. The molecule has 1 aromatic heterocycles. The first-order valence-electron chi connectivity index (χ1n) is 8.02. The maximum Gasteiger partial charge on any atom is 0.226 e. The maximum atomic E-state index is 5.50. The second-order valence-electron chi connectivity index (χ2n) is 6.36. The van der Waals surface area contributed by atoms with Crippen molar-refractivity contribution in [2.24, 2.45) is 5.73 Å². The van der Waals surface area contributed by atoms with Gasteiger partial charge in [-0.15, -0.1) is 0 Å². The van der Waals surface area contributed by atoms with Crippen molar-refractivity contribution >= 4 is 0 Å². The van der Waals surface area contributed by atoms with Crippen LogP contribution >= 0.6 is 0 Å². The number of fused-ring (bicyclic) bond motifs is 2. The molecule has 2 aliphatic rings. The van der Waals surface area contributed by atoms with Crippen LogP contribution in [-0.2, 0) is 6.42 Å². The highest BCUT2D eigenvalue weighted by Crippen LogP contribution is 2.41. The van der Waals surface area contributed by atoms with Crippen molar-refractivity contribution in [2.45, 2.75) is 69.4 Å². The molecule has 2 aliphatic heterocycles. The normalized spacial score (nSPS) is 30.0. The Balaban J connectivity index is 1.54. The first-order chi connectivity index (χ1) is 9.78. The van der Waals surface area contributed by atoms with E-state index in [1.807, 2.05) is 0 Å². The molecular formula is C15H26N4O. The van der Waals surface area contributed by atoms with Crippen LogP contribution < -0.4 is 5.73 Å². The lowest BCUT2D eigenvalue weighted by molar-refractivity contribution is 0.157. The summed E-state index contributed by atoms with van der Waals surface area (Å²) < 4.78 is 5.41. The van der Waals surface area contributed by atoms with Crippen LogP contribution in [0.25, 0.3) is 0 Å². The first-order valence-corrected chi connectivity index (χ1v) is 8.02. The summed E-state index contributed by atoms with van der Waals surface area (Å²) in [6, 6.07) is 1.45. The molecule has 20 heavy (non-hydrogen) atoms. The lowest BCUT2D eigenvalue weighted by atomic mass is 9.90. The minimum Gasteiger partial charge on any atom is -0.339 e. The summed E-state index contributed by atoms with van der Waals surface area (Å²) in [5.74, 6) is 2.26. The molecule has 2 unspecified atom stereocenters. The third-order valence-corrected chi connectivity index (χ3v) is 5.04. The van der Waals surface area contributed by atoms with Gasteiger partial charge < -0.3 is 15.2 Å². The predicted molar refractivity (Wildman–Crippen MR) is 77.5 cm³/mol. The average Bonchev–Trinajstić information content (AvgIpc) is 2.97. The Hall–Kier alpha value is -0.940. The van der Waals surface area contributed by atoms with Gasteiger partial charge in [0.2, 0.25) is 5.89 Å². The fourth-order valence-corrected chi connectivity index (χ4v) is 3.76. The van der Waals surface area contributed by atoms with Crippen molar-refractivity contribution in [1.29, 1.82) is 0 Å². The van der Waals surface area contributed by atoms with Crippen LogP contribution in [-0.4, -0.2) is 40.7 Å². The topological polar surface area (TPSA) is 68.2 Å². The molecule has 3 heterocycles. The fraction of sp³-hybridized carbons (Fsp3) is 0.867. The Bertz CT molecular complexity index is 419. The first kappa shape index (κ1) is 14.0. The molecular weight excluding hydrogens is 252 g/mol. The zero-order chi connectivity index (χ0) is 13.9. The lowest BCUT2D eigenvalue weighted by Gasteiger charge is -2.34. The smallest absolute Gasteiger partial charge is 0.226 e. The minimum atomic E-state index is 0.505. The second-order valence-corrected chi connectivity index (χ2v) is 6.36. The molecule has 3 rings (SSSR count). The highest BCUT2D eigenvalue weighted by atomic mass is 16.5. The van der Waals surface area contributed by atoms with Crippen molar-refractivity contribution in [1.82, 2.24) is 15.0 Å². The van der Waals surface area contributed by atoms with Crippen molar-refractivity contribution in [2.75, 3.05) is 13.6 Å². The van der Waals surface area contributed by atoms with E-state index >= 15 is 0 Å². The number of rotatable bonds is 6. The van der Waals surface area contributed by atoms with Crippen molar-refractivity contribution in [3.63, 3.8) is 0 Å². The molecule has 2 fully saturated rings. The lowest BCUT2D eigenvalue weighted by Crippen LogP contribution is -2.39. The predicted octanol–water partition coefficient (Wildman–Crippen LogP) is 2.08. The van der Waals surface area contributed by atoms with Crippen LogP contribution in [0.3, 0.4) is 0 Å². The number of nitrogens with zero attached hydrogens (tertiary/aromatic N) is 3. The molecule has 112 valence electrons. The van der Waals surface area contributed by atoms with Gasteiger partial charge in [-0.2, -0.15) is 4.98 Å². The van der Waals surface area contributed by atoms with E-state index in [-0.39, 0.29) is 0 Å². The van der Waals surface area contributed by atoms with Gasteiger partial charge in [-0.05, 0) is 52.1 Å². The average molecular weight is 278 g/mol. The number of piperidine rings is 1. The molecule has 0 aromatic carbocycles. The van der Waals surface area contributed by atoms with Gasteiger partial charge in [0, 0.05) is 24.4 Å². The fourth-order valence-electron chi connectivity index (χ4n) is 3.76. The molecule has 0 amide bonds. The largest absolute Gasteiger partial charge is 0.339 e. The van der Waals surface area contributed by atoms with Crippen LogP contribution in [0, 0.1) is 0 Å².